The first kappa shape index (κ1) is 20.6. The Hall–Kier alpha value is -2.81. The Morgan fingerprint density at radius 1 is 0.824 bits per heavy atom. The molecule has 174 valence electrons. The van der Waals surface area contributed by atoms with Gasteiger partial charge in [0.05, 0.1) is 5.41 Å². The number of carbonyl (C=O) groups excluding carboxylic acids is 1. The third-order valence-corrected chi connectivity index (χ3v) is 9.33. The molecular weight excluding hydrogens is 420 g/mol. The van der Waals surface area contributed by atoms with Crippen molar-refractivity contribution in [1.82, 2.24) is 0 Å². The van der Waals surface area contributed by atoms with Gasteiger partial charge in [-0.3, -0.25) is 4.79 Å². The molecule has 3 nitrogen and oxygen atoms in total. The van der Waals surface area contributed by atoms with E-state index in [1.165, 1.54) is 36.8 Å². The third-order valence-electron chi connectivity index (χ3n) is 9.33. The van der Waals surface area contributed by atoms with Gasteiger partial charge in [0.1, 0.15) is 11.5 Å². The van der Waals surface area contributed by atoms with Crippen molar-refractivity contribution in [1.29, 1.82) is 0 Å². The standard InChI is InChI=1S/C31H32O3/c32-26-11-9-22-5-1-3-7-24(22)28(26)29-25-8-4-2-6-23(25)10-12-27(29)34-30(33)31-16-19-13-20(17-31)15-21(14-19)18-31/h1,3,5,7,9-12,19-21,32H,2,4,6,8,13-18H2. The van der Waals surface area contributed by atoms with E-state index in [-0.39, 0.29) is 17.1 Å². The molecule has 0 amide bonds. The Kier molecular flexibility index (Phi) is 4.59. The molecule has 0 aromatic heterocycles. The lowest BCUT2D eigenvalue weighted by molar-refractivity contribution is -0.161. The Balaban J connectivity index is 1.36. The number of hydrogen-bond acceptors (Lipinski definition) is 3. The summed E-state index contributed by atoms with van der Waals surface area (Å²) in [6, 6.07) is 16.1. The van der Waals surface area contributed by atoms with E-state index in [0.717, 1.165) is 60.4 Å². The summed E-state index contributed by atoms with van der Waals surface area (Å²) in [5.74, 6) is 2.96. The smallest absolute Gasteiger partial charge is 0.317 e. The monoisotopic (exact) mass is 452 g/mol. The van der Waals surface area contributed by atoms with Crippen molar-refractivity contribution >= 4 is 16.7 Å². The molecule has 0 radical (unpaired) electrons. The summed E-state index contributed by atoms with van der Waals surface area (Å²) in [5, 5.41) is 13.2. The second kappa shape index (κ2) is 7.60. The molecule has 3 aromatic carbocycles. The average Bonchev–Trinajstić information content (AvgIpc) is 2.83. The summed E-state index contributed by atoms with van der Waals surface area (Å²) in [6.07, 6.45) is 11.2. The van der Waals surface area contributed by atoms with Crippen LogP contribution >= 0.6 is 0 Å². The van der Waals surface area contributed by atoms with Crippen LogP contribution in [0, 0.1) is 23.2 Å². The van der Waals surface area contributed by atoms with E-state index in [1.807, 2.05) is 24.3 Å². The van der Waals surface area contributed by atoms with Crippen LogP contribution in [0.4, 0.5) is 0 Å². The van der Waals surface area contributed by atoms with Gasteiger partial charge in [-0.05, 0) is 116 Å². The zero-order valence-corrected chi connectivity index (χ0v) is 19.7. The number of rotatable bonds is 3. The van der Waals surface area contributed by atoms with Gasteiger partial charge in [-0.15, -0.1) is 0 Å². The van der Waals surface area contributed by atoms with E-state index < -0.39 is 0 Å². The number of benzene rings is 3. The Labute approximate surface area is 201 Å². The first-order chi connectivity index (χ1) is 16.6. The van der Waals surface area contributed by atoms with Crippen LogP contribution in [-0.2, 0) is 17.6 Å². The molecule has 3 heteroatoms. The van der Waals surface area contributed by atoms with Crippen LogP contribution in [0.5, 0.6) is 11.5 Å². The summed E-state index contributed by atoms with van der Waals surface area (Å²) in [7, 11) is 0. The first-order valence-corrected chi connectivity index (χ1v) is 13.2. The summed E-state index contributed by atoms with van der Waals surface area (Å²) in [6.45, 7) is 0. The summed E-state index contributed by atoms with van der Waals surface area (Å²) in [4.78, 5) is 13.9. The van der Waals surface area contributed by atoms with Crippen LogP contribution < -0.4 is 4.74 Å². The molecular formula is C31H32O3. The van der Waals surface area contributed by atoms with Gasteiger partial charge in [0, 0.05) is 11.1 Å². The molecule has 0 aliphatic heterocycles. The van der Waals surface area contributed by atoms with Gasteiger partial charge in [-0.25, -0.2) is 0 Å². The van der Waals surface area contributed by atoms with Crippen molar-refractivity contribution in [3.05, 3.63) is 59.7 Å². The number of aryl methyl sites for hydroxylation is 1. The molecule has 4 bridgehead atoms. The minimum Gasteiger partial charge on any atom is -0.507 e. The van der Waals surface area contributed by atoms with Crippen LogP contribution in [-0.4, -0.2) is 11.1 Å². The lowest BCUT2D eigenvalue weighted by Crippen LogP contribution is -2.51. The number of hydrogen-bond donors (Lipinski definition) is 1. The molecule has 3 aromatic rings. The molecule has 34 heavy (non-hydrogen) atoms. The lowest BCUT2D eigenvalue weighted by Gasteiger charge is -2.55. The second-order valence-electron chi connectivity index (χ2n) is 11.6. The van der Waals surface area contributed by atoms with Crippen molar-refractivity contribution in [2.75, 3.05) is 0 Å². The molecule has 1 N–H and O–H groups in total. The molecule has 4 fully saturated rings. The number of phenols is 1. The fourth-order valence-corrected chi connectivity index (χ4v) is 8.26. The van der Waals surface area contributed by atoms with E-state index in [0.29, 0.717) is 23.5 Å². The minimum absolute atomic E-state index is 0.0247. The highest BCUT2D eigenvalue weighted by Gasteiger charge is 2.55. The molecule has 4 saturated carbocycles. The zero-order chi connectivity index (χ0) is 22.9. The maximum Gasteiger partial charge on any atom is 0.317 e. The molecule has 0 atom stereocenters. The SMILES string of the molecule is O=C(Oc1ccc2c(c1-c1c(O)ccc3ccccc13)CCCC2)C12CC3CC(CC(C3)C1)C2. The highest BCUT2D eigenvalue weighted by molar-refractivity contribution is 6.02. The molecule has 5 aliphatic rings. The number of carbonyl (C=O) groups is 1. The van der Waals surface area contributed by atoms with Gasteiger partial charge >= 0.3 is 5.97 Å². The van der Waals surface area contributed by atoms with E-state index in [2.05, 4.69) is 18.2 Å². The van der Waals surface area contributed by atoms with Crippen molar-refractivity contribution < 1.29 is 14.6 Å². The summed E-state index contributed by atoms with van der Waals surface area (Å²) >= 11 is 0. The predicted molar refractivity (Wildman–Crippen MR) is 134 cm³/mol. The van der Waals surface area contributed by atoms with Crippen molar-refractivity contribution in [2.24, 2.45) is 23.2 Å². The van der Waals surface area contributed by atoms with Crippen LogP contribution in [0.1, 0.15) is 62.5 Å². The van der Waals surface area contributed by atoms with Crippen LogP contribution in [0.15, 0.2) is 48.5 Å². The van der Waals surface area contributed by atoms with Crippen molar-refractivity contribution in [2.45, 2.75) is 64.2 Å². The largest absolute Gasteiger partial charge is 0.507 e. The highest BCUT2D eigenvalue weighted by Crippen LogP contribution is 2.60. The summed E-state index contributed by atoms with van der Waals surface area (Å²) in [5.41, 5.74) is 4.01. The first-order valence-electron chi connectivity index (χ1n) is 13.2. The van der Waals surface area contributed by atoms with Crippen LogP contribution in [0.25, 0.3) is 21.9 Å². The molecule has 0 spiro atoms. The number of ether oxygens (including phenoxy) is 1. The highest BCUT2D eigenvalue weighted by atomic mass is 16.5. The van der Waals surface area contributed by atoms with Crippen molar-refractivity contribution in [3.8, 4) is 22.6 Å². The minimum atomic E-state index is -0.303. The average molecular weight is 453 g/mol. The van der Waals surface area contributed by atoms with Gasteiger partial charge < -0.3 is 9.84 Å². The van der Waals surface area contributed by atoms with Gasteiger partial charge in [0.25, 0.3) is 0 Å². The molecule has 5 aliphatic carbocycles. The number of esters is 1. The number of phenolic OH excluding ortho intramolecular Hbond substituents is 1. The number of aromatic hydroxyl groups is 1. The topological polar surface area (TPSA) is 46.5 Å². The molecule has 8 rings (SSSR count). The summed E-state index contributed by atoms with van der Waals surface area (Å²) < 4.78 is 6.40. The Morgan fingerprint density at radius 3 is 2.29 bits per heavy atom. The van der Waals surface area contributed by atoms with Gasteiger partial charge in [0.15, 0.2) is 0 Å². The molecule has 0 saturated heterocycles. The van der Waals surface area contributed by atoms with Crippen molar-refractivity contribution in [3.63, 3.8) is 0 Å². The van der Waals surface area contributed by atoms with Gasteiger partial charge in [-0.2, -0.15) is 0 Å². The fourth-order valence-electron chi connectivity index (χ4n) is 8.26. The number of fused-ring (bicyclic) bond motifs is 2. The maximum atomic E-state index is 13.9. The Bertz CT molecular complexity index is 1270. The van der Waals surface area contributed by atoms with Gasteiger partial charge in [0.2, 0.25) is 0 Å². The van der Waals surface area contributed by atoms with E-state index in [1.54, 1.807) is 6.07 Å². The fraction of sp³-hybridized carbons (Fsp3) is 0.452. The lowest BCUT2D eigenvalue weighted by atomic mass is 9.49. The Morgan fingerprint density at radius 2 is 1.53 bits per heavy atom. The molecule has 0 unspecified atom stereocenters. The normalized spacial score (nSPS) is 29.2. The van der Waals surface area contributed by atoms with Crippen LogP contribution in [0.3, 0.4) is 0 Å². The third kappa shape index (κ3) is 3.12. The second-order valence-corrected chi connectivity index (χ2v) is 11.6. The predicted octanol–water partition coefficient (Wildman–Crippen LogP) is 7.21. The van der Waals surface area contributed by atoms with Gasteiger partial charge in [-0.1, -0.05) is 36.4 Å². The van der Waals surface area contributed by atoms with Crippen LogP contribution in [0.2, 0.25) is 0 Å². The maximum absolute atomic E-state index is 13.9. The molecule has 0 heterocycles. The van der Waals surface area contributed by atoms with E-state index in [4.69, 9.17) is 4.74 Å². The van der Waals surface area contributed by atoms with E-state index in [9.17, 15) is 9.90 Å². The van der Waals surface area contributed by atoms with E-state index >= 15 is 0 Å². The quantitative estimate of drug-likeness (QED) is 0.337. The zero-order valence-electron chi connectivity index (χ0n) is 19.7.